The molecular formula is C43H47Cl2F6N7O. The molecule has 3 heterocycles. The number of hydrogen-bond donors (Lipinski definition) is 0. The molecule has 3 aliphatic rings. The standard InChI is InChI=1S/C43H47Cl2F6N7O/c44-38-12-11-35(25-39(38)45)40-30-54(29-34-23-36(42(46,47)48)26-37(24-34)43(49,50)51)17-22-57(40)41(59)31-58(55-18-13-52(14-19-55)27-32-7-3-1-4-8-32)56-20-15-53(16-21-56)28-33-9-5-2-6-10-33/h1-12,23-26,40H,13-22,27-31H2. The van der Waals surface area contributed by atoms with E-state index in [-0.39, 0.29) is 55.3 Å². The van der Waals surface area contributed by atoms with Crippen molar-refractivity contribution in [1.82, 2.24) is 34.7 Å². The lowest BCUT2D eigenvalue weighted by Gasteiger charge is -2.49. The van der Waals surface area contributed by atoms with Crippen LogP contribution in [0.5, 0.6) is 0 Å². The minimum Gasteiger partial charge on any atom is -0.332 e. The number of rotatable bonds is 11. The molecule has 1 atom stereocenters. The maximum absolute atomic E-state index is 14.7. The van der Waals surface area contributed by atoms with E-state index in [0.29, 0.717) is 36.8 Å². The van der Waals surface area contributed by atoms with E-state index >= 15 is 0 Å². The summed E-state index contributed by atoms with van der Waals surface area (Å²) >= 11 is 12.7. The monoisotopic (exact) mass is 861 g/mol. The van der Waals surface area contributed by atoms with Gasteiger partial charge in [0.2, 0.25) is 5.91 Å². The zero-order valence-corrected chi connectivity index (χ0v) is 34.0. The highest BCUT2D eigenvalue weighted by atomic mass is 35.5. The summed E-state index contributed by atoms with van der Waals surface area (Å²) in [5.41, 5.74) is 0.294. The topological polar surface area (TPSA) is 39.8 Å². The number of halogens is 8. The van der Waals surface area contributed by atoms with Crippen molar-refractivity contribution >= 4 is 29.1 Å². The van der Waals surface area contributed by atoms with Gasteiger partial charge < -0.3 is 4.90 Å². The van der Waals surface area contributed by atoms with Crippen molar-refractivity contribution in [2.45, 2.75) is 38.0 Å². The van der Waals surface area contributed by atoms with E-state index in [0.717, 1.165) is 51.4 Å². The van der Waals surface area contributed by atoms with Gasteiger partial charge in [-0.1, -0.05) is 89.9 Å². The van der Waals surface area contributed by atoms with Crippen LogP contribution in [0.2, 0.25) is 10.0 Å². The predicted molar refractivity (Wildman–Crippen MR) is 216 cm³/mol. The van der Waals surface area contributed by atoms with Crippen molar-refractivity contribution in [3.63, 3.8) is 0 Å². The van der Waals surface area contributed by atoms with Crippen molar-refractivity contribution in [1.29, 1.82) is 0 Å². The van der Waals surface area contributed by atoms with Crippen LogP contribution < -0.4 is 0 Å². The third-order valence-electron chi connectivity index (χ3n) is 11.3. The number of carbonyl (C=O) groups excluding carboxylic acids is 1. The number of carbonyl (C=O) groups is 1. The van der Waals surface area contributed by atoms with Gasteiger partial charge in [-0.2, -0.15) is 31.5 Å². The van der Waals surface area contributed by atoms with Crippen molar-refractivity contribution in [2.75, 3.05) is 78.5 Å². The Hall–Kier alpha value is -3.73. The molecule has 0 radical (unpaired) electrons. The van der Waals surface area contributed by atoms with E-state index in [1.807, 2.05) is 36.4 Å². The number of hydrazine groups is 2. The Morgan fingerprint density at radius 3 is 1.51 bits per heavy atom. The van der Waals surface area contributed by atoms with Gasteiger partial charge >= 0.3 is 12.4 Å². The summed E-state index contributed by atoms with van der Waals surface area (Å²) in [6, 6.07) is 26.7. The molecule has 1 unspecified atom stereocenters. The Labute approximate surface area is 351 Å². The number of alkyl halides is 6. The van der Waals surface area contributed by atoms with E-state index < -0.39 is 29.5 Å². The molecule has 0 N–H and O–H groups in total. The summed E-state index contributed by atoms with van der Waals surface area (Å²) in [6.07, 6.45) is -9.92. The van der Waals surface area contributed by atoms with E-state index in [4.69, 9.17) is 23.2 Å². The fourth-order valence-electron chi connectivity index (χ4n) is 8.18. The highest BCUT2D eigenvalue weighted by Gasteiger charge is 2.39. The third kappa shape index (κ3) is 11.4. The van der Waals surface area contributed by atoms with Crippen LogP contribution in [0, 0.1) is 0 Å². The summed E-state index contributed by atoms with van der Waals surface area (Å²) < 4.78 is 82.4. The molecule has 16 heteroatoms. The lowest BCUT2D eigenvalue weighted by atomic mass is 10.00. The minimum absolute atomic E-state index is 0.0533. The molecule has 59 heavy (non-hydrogen) atoms. The molecule has 1 amide bonds. The Bertz CT molecular complexity index is 1920. The summed E-state index contributed by atoms with van der Waals surface area (Å²) in [6.45, 7) is 8.21. The van der Waals surface area contributed by atoms with Gasteiger partial charge in [0.05, 0.1) is 27.2 Å². The summed E-state index contributed by atoms with van der Waals surface area (Å²) in [5, 5.41) is 7.19. The quantitative estimate of drug-likeness (QED) is 0.141. The largest absolute Gasteiger partial charge is 0.416 e. The predicted octanol–water partition coefficient (Wildman–Crippen LogP) is 8.18. The average Bonchev–Trinajstić information content (AvgIpc) is 3.21. The molecule has 3 fully saturated rings. The molecular weight excluding hydrogens is 815 g/mol. The second-order valence-electron chi connectivity index (χ2n) is 15.4. The van der Waals surface area contributed by atoms with Crippen LogP contribution >= 0.6 is 23.2 Å². The molecule has 0 aliphatic carbocycles. The smallest absolute Gasteiger partial charge is 0.332 e. The number of benzene rings is 4. The molecule has 0 bridgehead atoms. The average molecular weight is 863 g/mol. The third-order valence-corrected chi connectivity index (χ3v) is 12.0. The number of nitrogens with zero attached hydrogens (tertiary/aromatic N) is 7. The van der Waals surface area contributed by atoms with Gasteiger partial charge in [-0.25, -0.2) is 10.0 Å². The van der Waals surface area contributed by atoms with Gasteiger partial charge in [0, 0.05) is 91.6 Å². The Balaban J connectivity index is 1.10. The zero-order chi connectivity index (χ0) is 41.7. The molecule has 4 aromatic rings. The minimum atomic E-state index is -4.96. The highest BCUT2D eigenvalue weighted by molar-refractivity contribution is 6.42. The van der Waals surface area contributed by atoms with Gasteiger partial charge in [0.1, 0.15) is 6.54 Å². The first kappa shape index (κ1) is 43.4. The summed E-state index contributed by atoms with van der Waals surface area (Å²) in [4.78, 5) is 23.1. The maximum atomic E-state index is 14.7. The fraction of sp³-hybridized carbons (Fsp3) is 0.419. The molecule has 3 saturated heterocycles. The van der Waals surface area contributed by atoms with Crippen molar-refractivity contribution in [3.8, 4) is 0 Å². The van der Waals surface area contributed by atoms with Gasteiger partial charge in [0.15, 0.2) is 0 Å². The first-order valence-electron chi connectivity index (χ1n) is 19.7. The van der Waals surface area contributed by atoms with Crippen molar-refractivity contribution in [2.24, 2.45) is 0 Å². The van der Waals surface area contributed by atoms with Gasteiger partial charge in [-0.15, -0.1) is 0 Å². The second-order valence-corrected chi connectivity index (χ2v) is 16.2. The van der Waals surface area contributed by atoms with E-state index in [9.17, 15) is 31.1 Å². The van der Waals surface area contributed by atoms with E-state index in [1.54, 1.807) is 28.0 Å². The maximum Gasteiger partial charge on any atom is 0.416 e. The molecule has 316 valence electrons. The van der Waals surface area contributed by atoms with Crippen LogP contribution in [0.4, 0.5) is 26.3 Å². The van der Waals surface area contributed by atoms with Crippen molar-refractivity contribution < 1.29 is 31.1 Å². The first-order chi connectivity index (χ1) is 28.2. The number of hydrogen-bond acceptors (Lipinski definition) is 7. The molecule has 8 nitrogen and oxygen atoms in total. The van der Waals surface area contributed by atoms with Crippen LogP contribution in [-0.4, -0.2) is 119 Å². The highest BCUT2D eigenvalue weighted by Crippen LogP contribution is 2.37. The Kier molecular flexibility index (Phi) is 13.9. The zero-order valence-electron chi connectivity index (χ0n) is 32.5. The van der Waals surface area contributed by atoms with Crippen LogP contribution in [0.25, 0.3) is 0 Å². The van der Waals surface area contributed by atoms with Crippen LogP contribution in [0.3, 0.4) is 0 Å². The van der Waals surface area contributed by atoms with Crippen LogP contribution in [-0.2, 0) is 36.8 Å². The van der Waals surface area contributed by atoms with Crippen LogP contribution in [0.1, 0.15) is 39.4 Å². The lowest BCUT2D eigenvalue weighted by molar-refractivity contribution is -0.212. The van der Waals surface area contributed by atoms with Gasteiger partial charge in [-0.05, 0) is 52.6 Å². The summed E-state index contributed by atoms with van der Waals surface area (Å²) in [7, 11) is 0. The van der Waals surface area contributed by atoms with Gasteiger partial charge in [0.25, 0.3) is 0 Å². The molecule has 3 aliphatic heterocycles. The molecule has 0 saturated carbocycles. The molecule has 7 rings (SSSR count). The molecule has 0 spiro atoms. The normalized spacial score (nSPS) is 19.7. The van der Waals surface area contributed by atoms with E-state index in [1.165, 1.54) is 11.1 Å². The first-order valence-corrected chi connectivity index (χ1v) is 20.5. The number of amides is 1. The lowest BCUT2D eigenvalue weighted by Crippen LogP contribution is -2.65. The Morgan fingerprint density at radius 2 is 1.03 bits per heavy atom. The number of piperazine rings is 3. The fourth-order valence-corrected chi connectivity index (χ4v) is 8.49. The molecule has 4 aromatic carbocycles. The SMILES string of the molecule is O=C(CN(N1CCN(Cc2ccccc2)CC1)N1CCN(Cc2ccccc2)CC1)N1CCN(Cc2cc(C(F)(F)F)cc(C(F)(F)F)c2)CC1c1ccc(Cl)c(Cl)c1. The summed E-state index contributed by atoms with van der Waals surface area (Å²) in [5.74, 6) is -0.155. The van der Waals surface area contributed by atoms with Crippen molar-refractivity contribution in [3.05, 3.63) is 140 Å². The van der Waals surface area contributed by atoms with Gasteiger partial charge in [-0.3, -0.25) is 19.5 Å². The molecule has 0 aromatic heterocycles. The van der Waals surface area contributed by atoms with Crippen LogP contribution in [0.15, 0.2) is 97.1 Å². The van der Waals surface area contributed by atoms with E-state index in [2.05, 4.69) is 49.2 Å². The second kappa shape index (κ2) is 18.9. The Morgan fingerprint density at radius 1 is 0.559 bits per heavy atom.